The van der Waals surface area contributed by atoms with Gasteiger partial charge in [-0.15, -0.1) is 22.7 Å². The predicted molar refractivity (Wildman–Crippen MR) is 115 cm³/mol. The van der Waals surface area contributed by atoms with Gasteiger partial charge in [-0.1, -0.05) is 6.07 Å². The number of nitrogens with one attached hydrogen (secondary N) is 1. The predicted octanol–water partition coefficient (Wildman–Crippen LogP) is 3.84. The second-order valence-electron chi connectivity index (χ2n) is 5.92. The number of thioether (sulfide) groups is 1. The summed E-state index contributed by atoms with van der Waals surface area (Å²) in [5, 5.41) is 13.4. The number of hydrogen-bond donors (Lipinski definition) is 1. The van der Waals surface area contributed by atoms with Crippen LogP contribution in [0, 0.1) is 18.3 Å². The minimum Gasteiger partial charge on any atom is -0.462 e. The molecule has 11 heteroatoms. The van der Waals surface area contributed by atoms with Gasteiger partial charge in [0.05, 0.1) is 17.1 Å². The topological polar surface area (TPSA) is 117 Å². The summed E-state index contributed by atoms with van der Waals surface area (Å²) >= 11 is 3.11. The molecule has 2 aromatic rings. The number of thiophene rings is 2. The van der Waals surface area contributed by atoms with Crippen molar-refractivity contribution in [2.45, 2.75) is 13.8 Å². The van der Waals surface area contributed by atoms with Crippen molar-refractivity contribution in [3.63, 3.8) is 0 Å². The van der Waals surface area contributed by atoms with E-state index in [4.69, 9.17) is 4.74 Å². The van der Waals surface area contributed by atoms with Crippen molar-refractivity contribution in [2.24, 2.45) is 0 Å². The Balaban J connectivity index is 1.74. The SMILES string of the molecule is CCOC(=O)c1sc(NC(=O)CN2C(=O)S/C(=C/c3cccs3)C2=O)c(C#N)c1C. The normalized spacial score (nSPS) is 14.8. The quantitative estimate of drug-likeness (QED) is 0.513. The molecule has 2 aromatic heterocycles. The van der Waals surface area contributed by atoms with Gasteiger partial charge in [-0.2, -0.15) is 5.26 Å². The number of esters is 1. The summed E-state index contributed by atoms with van der Waals surface area (Å²) in [5.41, 5.74) is 0.546. The lowest BCUT2D eigenvalue weighted by Crippen LogP contribution is -2.36. The second kappa shape index (κ2) is 9.25. The third-order valence-corrected chi connectivity index (χ3v) is 6.88. The Morgan fingerprint density at radius 3 is 2.77 bits per heavy atom. The van der Waals surface area contributed by atoms with Gasteiger partial charge in [0.25, 0.3) is 11.1 Å². The summed E-state index contributed by atoms with van der Waals surface area (Å²) in [6.45, 7) is 2.93. The number of ether oxygens (including phenoxy) is 1. The minimum absolute atomic E-state index is 0.142. The molecule has 154 valence electrons. The monoisotopic (exact) mass is 461 g/mol. The Labute approximate surface area is 184 Å². The van der Waals surface area contributed by atoms with Crippen LogP contribution >= 0.6 is 34.4 Å². The first kappa shape index (κ1) is 21.8. The fourth-order valence-electron chi connectivity index (χ4n) is 2.58. The number of carbonyl (C=O) groups excluding carboxylic acids is 4. The van der Waals surface area contributed by atoms with Crippen LogP contribution in [0.1, 0.15) is 32.6 Å². The molecule has 3 amide bonds. The number of nitrogens with zero attached hydrogens (tertiary/aromatic N) is 2. The van der Waals surface area contributed by atoms with Crippen molar-refractivity contribution in [1.82, 2.24) is 4.90 Å². The molecule has 3 heterocycles. The average Bonchev–Trinajstić information content (AvgIpc) is 3.38. The molecule has 1 aliphatic rings. The molecule has 8 nitrogen and oxygen atoms in total. The van der Waals surface area contributed by atoms with E-state index in [1.165, 1.54) is 11.3 Å². The van der Waals surface area contributed by atoms with Gasteiger partial charge in [-0.3, -0.25) is 19.3 Å². The summed E-state index contributed by atoms with van der Waals surface area (Å²) < 4.78 is 4.96. The van der Waals surface area contributed by atoms with Crippen LogP contribution in [0.3, 0.4) is 0 Å². The maximum absolute atomic E-state index is 12.5. The van der Waals surface area contributed by atoms with Gasteiger partial charge in [0.1, 0.15) is 22.5 Å². The molecule has 0 atom stereocenters. The third kappa shape index (κ3) is 4.46. The zero-order valence-electron chi connectivity index (χ0n) is 15.9. The molecule has 0 bridgehead atoms. The summed E-state index contributed by atoms with van der Waals surface area (Å²) in [6, 6.07) is 5.60. The number of nitriles is 1. The molecule has 0 unspecified atom stereocenters. The number of rotatable bonds is 6. The molecule has 1 fully saturated rings. The Bertz CT molecular complexity index is 1100. The van der Waals surface area contributed by atoms with Crippen molar-refractivity contribution < 1.29 is 23.9 Å². The number of amides is 3. The molecule has 0 radical (unpaired) electrons. The molecule has 0 aliphatic carbocycles. The maximum Gasteiger partial charge on any atom is 0.348 e. The lowest BCUT2D eigenvalue weighted by Gasteiger charge is -2.11. The van der Waals surface area contributed by atoms with Crippen LogP contribution in [-0.4, -0.2) is 41.1 Å². The highest BCUT2D eigenvalue weighted by Crippen LogP contribution is 2.34. The fourth-order valence-corrected chi connectivity index (χ4v) is 5.20. The summed E-state index contributed by atoms with van der Waals surface area (Å²) in [5.74, 6) is -1.78. The van der Waals surface area contributed by atoms with E-state index in [1.54, 1.807) is 19.9 Å². The molecule has 0 aromatic carbocycles. The molecular weight excluding hydrogens is 446 g/mol. The van der Waals surface area contributed by atoms with Crippen LogP contribution in [0.15, 0.2) is 22.4 Å². The van der Waals surface area contributed by atoms with Gasteiger partial charge in [-0.05, 0) is 48.7 Å². The van der Waals surface area contributed by atoms with Crippen LogP contribution in [0.4, 0.5) is 9.80 Å². The minimum atomic E-state index is -0.650. The molecule has 1 saturated heterocycles. The molecule has 30 heavy (non-hydrogen) atoms. The third-order valence-electron chi connectivity index (χ3n) is 3.96. The van der Waals surface area contributed by atoms with E-state index in [1.807, 2.05) is 23.6 Å². The van der Waals surface area contributed by atoms with Gasteiger partial charge >= 0.3 is 5.97 Å². The first-order chi connectivity index (χ1) is 14.3. The standard InChI is InChI=1S/C19H15N3O5S3/c1-3-27-18(25)15-10(2)12(8-20)16(30-15)21-14(23)9-22-17(24)13(29-19(22)26)7-11-5-4-6-28-11/h4-7H,3,9H2,1-2H3,(H,21,23)/b13-7+. The Morgan fingerprint density at radius 1 is 1.37 bits per heavy atom. The zero-order chi connectivity index (χ0) is 21.8. The van der Waals surface area contributed by atoms with Crippen molar-refractivity contribution in [2.75, 3.05) is 18.5 Å². The number of imide groups is 1. The molecule has 3 rings (SSSR count). The number of anilines is 1. The summed E-state index contributed by atoms with van der Waals surface area (Å²) in [6.07, 6.45) is 1.61. The van der Waals surface area contributed by atoms with Gasteiger partial charge in [0.2, 0.25) is 5.91 Å². The first-order valence-electron chi connectivity index (χ1n) is 8.65. The van der Waals surface area contributed by atoms with Crippen molar-refractivity contribution >= 4 is 68.5 Å². The van der Waals surface area contributed by atoms with E-state index >= 15 is 0 Å². The van der Waals surface area contributed by atoms with Gasteiger partial charge in [-0.25, -0.2) is 4.79 Å². The number of hydrogen-bond acceptors (Lipinski definition) is 9. The molecule has 1 N–H and O–H groups in total. The van der Waals surface area contributed by atoms with E-state index in [9.17, 15) is 24.4 Å². The van der Waals surface area contributed by atoms with Gasteiger partial charge in [0, 0.05) is 4.88 Å². The Hall–Kier alpha value is -2.94. The average molecular weight is 462 g/mol. The lowest BCUT2D eigenvalue weighted by molar-refractivity contribution is -0.127. The van der Waals surface area contributed by atoms with Crippen molar-refractivity contribution in [1.29, 1.82) is 5.26 Å². The van der Waals surface area contributed by atoms with Crippen molar-refractivity contribution in [3.8, 4) is 6.07 Å². The van der Waals surface area contributed by atoms with E-state index in [0.29, 0.717) is 5.56 Å². The van der Waals surface area contributed by atoms with Crippen LogP contribution in [0.2, 0.25) is 0 Å². The van der Waals surface area contributed by atoms with Gasteiger partial charge in [0.15, 0.2) is 0 Å². The first-order valence-corrected chi connectivity index (χ1v) is 11.2. The summed E-state index contributed by atoms with van der Waals surface area (Å²) in [7, 11) is 0. The summed E-state index contributed by atoms with van der Waals surface area (Å²) in [4.78, 5) is 51.3. The van der Waals surface area contributed by atoms with E-state index in [-0.39, 0.29) is 27.0 Å². The van der Waals surface area contributed by atoms with Crippen LogP contribution in [0.5, 0.6) is 0 Å². The molecule has 0 spiro atoms. The second-order valence-corrected chi connectivity index (χ2v) is 8.92. The molecule has 0 saturated carbocycles. The lowest BCUT2D eigenvalue weighted by atomic mass is 10.2. The maximum atomic E-state index is 12.5. The van der Waals surface area contributed by atoms with Crippen LogP contribution in [0.25, 0.3) is 6.08 Å². The Kier molecular flexibility index (Phi) is 6.71. The van der Waals surface area contributed by atoms with Crippen molar-refractivity contribution in [3.05, 3.63) is 43.3 Å². The fraction of sp³-hybridized carbons (Fsp3) is 0.211. The van der Waals surface area contributed by atoms with E-state index in [2.05, 4.69) is 5.32 Å². The smallest absolute Gasteiger partial charge is 0.348 e. The highest BCUT2D eigenvalue weighted by atomic mass is 32.2. The zero-order valence-corrected chi connectivity index (χ0v) is 18.3. The highest BCUT2D eigenvalue weighted by Gasteiger charge is 2.36. The highest BCUT2D eigenvalue weighted by molar-refractivity contribution is 8.18. The van der Waals surface area contributed by atoms with E-state index in [0.717, 1.165) is 32.9 Å². The molecule has 1 aliphatic heterocycles. The molecular formula is C19H15N3O5S3. The van der Waals surface area contributed by atoms with Crippen LogP contribution < -0.4 is 5.32 Å². The Morgan fingerprint density at radius 2 is 2.13 bits per heavy atom. The van der Waals surface area contributed by atoms with E-state index < -0.39 is 29.6 Å². The largest absolute Gasteiger partial charge is 0.462 e. The van der Waals surface area contributed by atoms with Gasteiger partial charge < -0.3 is 10.1 Å². The van der Waals surface area contributed by atoms with Crippen LogP contribution in [-0.2, 0) is 14.3 Å². The number of carbonyl (C=O) groups is 4.